The van der Waals surface area contributed by atoms with Crippen molar-refractivity contribution in [2.75, 3.05) is 14.2 Å². The van der Waals surface area contributed by atoms with E-state index in [0.29, 0.717) is 29.6 Å². The van der Waals surface area contributed by atoms with Crippen LogP contribution in [0.2, 0.25) is 0 Å². The van der Waals surface area contributed by atoms with Crippen molar-refractivity contribution in [2.24, 2.45) is 40.4 Å². The predicted octanol–water partition coefficient (Wildman–Crippen LogP) is 7.96. The minimum atomic E-state index is -4.27. The monoisotopic (exact) mass is 470 g/mol. The summed E-state index contributed by atoms with van der Waals surface area (Å²) in [5, 5.41) is 0. The fourth-order valence-corrected chi connectivity index (χ4v) is 8.97. The van der Waals surface area contributed by atoms with Gasteiger partial charge >= 0.3 is 6.18 Å². The average Bonchev–Trinajstić information content (AvgIpc) is 3.11. The van der Waals surface area contributed by atoms with Gasteiger partial charge in [-0.2, -0.15) is 13.2 Å². The van der Waals surface area contributed by atoms with Crippen molar-refractivity contribution in [1.29, 1.82) is 0 Å². The topological polar surface area (TPSA) is 18.5 Å². The summed E-state index contributed by atoms with van der Waals surface area (Å²) in [4.78, 5) is 0. The summed E-state index contributed by atoms with van der Waals surface area (Å²) in [6.07, 6.45) is 6.82. The standard InChI is InChI=1S/C28H45F3O2/c1-18(7-12-24(32-5)28(29,30)31)21-10-11-22-20-9-8-19-17-25(2,33-6)15-16-26(19,3)23(20)13-14-27(21,22)4/h8,18,20-24H,7,9-17H2,1-6H3/t18-,20+,21-,22+,23+,24-,25+,26+,27-/m1/s1. The van der Waals surface area contributed by atoms with E-state index in [1.165, 1.54) is 45.6 Å². The predicted molar refractivity (Wildman–Crippen MR) is 126 cm³/mol. The Kier molecular flexibility index (Phi) is 6.84. The van der Waals surface area contributed by atoms with Crippen LogP contribution in [-0.4, -0.2) is 32.1 Å². The Morgan fingerprint density at radius 3 is 2.36 bits per heavy atom. The van der Waals surface area contributed by atoms with E-state index in [1.54, 1.807) is 5.57 Å². The number of halogens is 3. The van der Waals surface area contributed by atoms with Crippen molar-refractivity contribution in [2.45, 2.75) is 110 Å². The van der Waals surface area contributed by atoms with Crippen LogP contribution in [0.25, 0.3) is 0 Å². The van der Waals surface area contributed by atoms with E-state index in [0.717, 1.165) is 24.7 Å². The van der Waals surface area contributed by atoms with Crippen LogP contribution in [0, 0.1) is 40.4 Å². The zero-order valence-electron chi connectivity index (χ0n) is 21.6. The maximum Gasteiger partial charge on any atom is 0.414 e. The van der Waals surface area contributed by atoms with E-state index in [2.05, 4.69) is 33.8 Å². The summed E-state index contributed by atoms with van der Waals surface area (Å²) in [7, 11) is 3.03. The molecule has 0 amide bonds. The highest BCUT2D eigenvalue weighted by atomic mass is 19.4. The van der Waals surface area contributed by atoms with Gasteiger partial charge in [-0.05, 0) is 112 Å². The van der Waals surface area contributed by atoms with Crippen LogP contribution in [0.15, 0.2) is 11.6 Å². The highest BCUT2D eigenvalue weighted by molar-refractivity contribution is 5.27. The van der Waals surface area contributed by atoms with Gasteiger partial charge in [0.05, 0.1) is 5.60 Å². The molecule has 4 aliphatic rings. The van der Waals surface area contributed by atoms with Gasteiger partial charge in [0, 0.05) is 14.2 Å². The van der Waals surface area contributed by atoms with Gasteiger partial charge in [0.15, 0.2) is 6.10 Å². The number of allylic oxidation sites excluding steroid dienone is 1. The van der Waals surface area contributed by atoms with Gasteiger partial charge < -0.3 is 9.47 Å². The second-order valence-electron chi connectivity index (χ2n) is 12.6. The molecule has 0 spiro atoms. The Bertz CT molecular complexity index is 748. The highest BCUT2D eigenvalue weighted by Gasteiger charge is 2.59. The molecule has 0 aromatic carbocycles. The number of ether oxygens (including phenoxy) is 2. The molecule has 0 heterocycles. The Hall–Kier alpha value is -0.550. The molecular formula is C28H45F3O2. The lowest BCUT2D eigenvalue weighted by molar-refractivity contribution is -0.215. The summed E-state index contributed by atoms with van der Waals surface area (Å²) in [5.74, 6) is 3.00. The third kappa shape index (κ3) is 4.32. The van der Waals surface area contributed by atoms with E-state index in [1.807, 2.05) is 7.11 Å². The Morgan fingerprint density at radius 2 is 1.73 bits per heavy atom. The molecule has 2 nitrogen and oxygen atoms in total. The molecule has 0 N–H and O–H groups in total. The molecule has 3 saturated carbocycles. The zero-order chi connectivity index (χ0) is 24.2. The smallest absolute Gasteiger partial charge is 0.378 e. The molecular weight excluding hydrogens is 425 g/mol. The molecule has 0 aromatic rings. The summed E-state index contributed by atoms with van der Waals surface area (Å²) >= 11 is 0. The van der Waals surface area contributed by atoms with Gasteiger partial charge in [0.25, 0.3) is 0 Å². The van der Waals surface area contributed by atoms with Gasteiger partial charge in [-0.1, -0.05) is 32.4 Å². The second-order valence-corrected chi connectivity index (χ2v) is 12.6. The first-order valence-electron chi connectivity index (χ1n) is 13.2. The van der Waals surface area contributed by atoms with Crippen LogP contribution in [0.5, 0.6) is 0 Å². The van der Waals surface area contributed by atoms with E-state index in [-0.39, 0.29) is 17.4 Å². The molecule has 33 heavy (non-hydrogen) atoms. The van der Waals surface area contributed by atoms with Crippen molar-refractivity contribution in [3.05, 3.63) is 11.6 Å². The number of alkyl halides is 3. The zero-order valence-corrected chi connectivity index (χ0v) is 21.6. The Morgan fingerprint density at radius 1 is 1.00 bits per heavy atom. The van der Waals surface area contributed by atoms with Gasteiger partial charge in [-0.25, -0.2) is 0 Å². The molecule has 0 aliphatic heterocycles. The SMILES string of the molecule is CO[C@H](CC[C@@H](C)[C@H]1CC[C@H]2[C@@H]3CC=C4C[C@@](C)(OC)CC[C@]4(C)[C@H]3CC[C@]12C)C(F)(F)F. The fourth-order valence-electron chi connectivity index (χ4n) is 8.97. The second kappa shape index (κ2) is 8.84. The molecule has 0 saturated heterocycles. The first kappa shape index (κ1) is 25.5. The molecule has 4 aliphatic carbocycles. The molecule has 0 aromatic heterocycles. The summed E-state index contributed by atoms with van der Waals surface area (Å²) in [6, 6.07) is 0. The molecule has 5 heteroatoms. The third-order valence-electron chi connectivity index (χ3n) is 11.1. The van der Waals surface area contributed by atoms with Crippen molar-refractivity contribution in [3.8, 4) is 0 Å². The number of rotatable bonds is 6. The normalized spacial score (nSPS) is 44.9. The molecule has 9 atom stereocenters. The van der Waals surface area contributed by atoms with Crippen molar-refractivity contribution >= 4 is 0 Å². The third-order valence-corrected chi connectivity index (χ3v) is 11.1. The van der Waals surface area contributed by atoms with Gasteiger partial charge in [-0.15, -0.1) is 0 Å². The average molecular weight is 471 g/mol. The maximum atomic E-state index is 13.2. The number of methoxy groups -OCH3 is 2. The molecule has 3 fully saturated rings. The van der Waals surface area contributed by atoms with Crippen LogP contribution < -0.4 is 0 Å². The van der Waals surface area contributed by atoms with Crippen molar-refractivity contribution in [3.63, 3.8) is 0 Å². The van der Waals surface area contributed by atoms with Crippen molar-refractivity contribution in [1.82, 2.24) is 0 Å². The summed E-state index contributed by atoms with van der Waals surface area (Å²) in [5.41, 5.74) is 2.16. The molecule has 0 unspecified atom stereocenters. The number of fused-ring (bicyclic) bond motifs is 5. The summed E-state index contributed by atoms with van der Waals surface area (Å²) in [6.45, 7) is 9.45. The quantitative estimate of drug-likeness (QED) is 0.367. The van der Waals surface area contributed by atoms with Crippen LogP contribution in [0.4, 0.5) is 13.2 Å². The van der Waals surface area contributed by atoms with Crippen LogP contribution in [-0.2, 0) is 9.47 Å². The van der Waals surface area contributed by atoms with Gasteiger partial charge in [-0.3, -0.25) is 0 Å². The first-order chi connectivity index (χ1) is 15.4. The molecule has 0 radical (unpaired) electrons. The van der Waals surface area contributed by atoms with E-state index >= 15 is 0 Å². The first-order valence-corrected chi connectivity index (χ1v) is 13.2. The molecule has 4 rings (SSSR count). The van der Waals surface area contributed by atoms with Crippen LogP contribution in [0.1, 0.15) is 91.9 Å². The number of hydrogen-bond donors (Lipinski definition) is 0. The molecule has 190 valence electrons. The van der Waals surface area contributed by atoms with E-state index < -0.39 is 12.3 Å². The van der Waals surface area contributed by atoms with Gasteiger partial charge in [0.1, 0.15) is 0 Å². The lowest BCUT2D eigenvalue weighted by atomic mass is 9.46. The largest absolute Gasteiger partial charge is 0.414 e. The lowest BCUT2D eigenvalue weighted by Gasteiger charge is -2.59. The Balaban J connectivity index is 1.48. The number of hydrogen-bond acceptors (Lipinski definition) is 2. The summed E-state index contributed by atoms with van der Waals surface area (Å²) < 4.78 is 50.2. The van der Waals surface area contributed by atoms with Crippen LogP contribution in [0.3, 0.4) is 0 Å². The van der Waals surface area contributed by atoms with Gasteiger partial charge in [0.2, 0.25) is 0 Å². The van der Waals surface area contributed by atoms with Crippen molar-refractivity contribution < 1.29 is 22.6 Å². The Labute approximate surface area is 199 Å². The minimum absolute atomic E-state index is 0.0221. The highest BCUT2D eigenvalue weighted by Crippen LogP contribution is 2.67. The maximum absolute atomic E-state index is 13.2. The van der Waals surface area contributed by atoms with Crippen LogP contribution >= 0.6 is 0 Å². The fraction of sp³-hybridized carbons (Fsp3) is 0.929. The molecule has 0 bridgehead atoms. The minimum Gasteiger partial charge on any atom is -0.378 e. The van der Waals surface area contributed by atoms with E-state index in [9.17, 15) is 13.2 Å². The lowest BCUT2D eigenvalue weighted by Crippen LogP contribution is -2.52. The van der Waals surface area contributed by atoms with E-state index in [4.69, 9.17) is 9.47 Å².